The van der Waals surface area contributed by atoms with Gasteiger partial charge in [0.1, 0.15) is 0 Å². The molecule has 0 aliphatic carbocycles. The Morgan fingerprint density at radius 3 is 2.19 bits per heavy atom. The van der Waals surface area contributed by atoms with E-state index in [2.05, 4.69) is 15.6 Å². The van der Waals surface area contributed by atoms with Crippen molar-refractivity contribution in [2.24, 2.45) is 0 Å². The van der Waals surface area contributed by atoms with Crippen LogP contribution in [0.15, 0.2) is 66.9 Å². The Bertz CT molecular complexity index is 1090. The molecule has 0 saturated heterocycles. The van der Waals surface area contributed by atoms with Crippen molar-refractivity contribution in [3.8, 4) is 0 Å². The highest BCUT2D eigenvalue weighted by molar-refractivity contribution is 5.89. The molecule has 0 radical (unpaired) electrons. The number of anilines is 1. The van der Waals surface area contributed by atoms with Crippen LogP contribution in [-0.4, -0.2) is 11.0 Å². The Kier molecular flexibility index (Phi) is 6.42. The van der Waals surface area contributed by atoms with Crippen LogP contribution in [-0.2, 0) is 12.4 Å². The first kappa shape index (κ1) is 23.1. The third-order valence-corrected chi connectivity index (χ3v) is 4.54. The number of alkyl halides is 6. The SMILES string of the molecule is Cc1cccc(NC(=O)NC(c2ccc(C(F)(F)F)cc2)c2ncccc2C(F)(F)F)c1. The number of amides is 2. The van der Waals surface area contributed by atoms with Crippen LogP contribution in [0.3, 0.4) is 0 Å². The number of hydrogen-bond acceptors (Lipinski definition) is 2. The van der Waals surface area contributed by atoms with Crippen LogP contribution in [0.5, 0.6) is 0 Å². The van der Waals surface area contributed by atoms with E-state index in [4.69, 9.17) is 0 Å². The second kappa shape index (κ2) is 8.89. The molecule has 2 aromatic carbocycles. The van der Waals surface area contributed by atoms with Gasteiger partial charge in [0.15, 0.2) is 0 Å². The van der Waals surface area contributed by atoms with Crippen molar-refractivity contribution in [3.05, 3.63) is 94.8 Å². The number of pyridine rings is 1. The molecule has 0 bridgehead atoms. The molecule has 1 heterocycles. The number of nitrogens with zero attached hydrogens (tertiary/aromatic N) is 1. The molecular formula is C22H17F6N3O. The summed E-state index contributed by atoms with van der Waals surface area (Å²) in [7, 11) is 0. The number of rotatable bonds is 4. The molecule has 0 fully saturated rings. The molecule has 3 rings (SSSR count). The van der Waals surface area contributed by atoms with Gasteiger partial charge in [-0.15, -0.1) is 0 Å². The van der Waals surface area contributed by atoms with E-state index in [1.54, 1.807) is 31.2 Å². The van der Waals surface area contributed by atoms with Crippen molar-refractivity contribution in [1.29, 1.82) is 0 Å². The minimum atomic E-state index is -4.79. The van der Waals surface area contributed by atoms with Gasteiger partial charge in [0, 0.05) is 11.9 Å². The summed E-state index contributed by atoms with van der Waals surface area (Å²) in [6.07, 6.45) is -8.30. The van der Waals surface area contributed by atoms with E-state index in [-0.39, 0.29) is 5.56 Å². The van der Waals surface area contributed by atoms with E-state index < -0.39 is 41.2 Å². The van der Waals surface area contributed by atoms with E-state index in [9.17, 15) is 31.1 Å². The Morgan fingerprint density at radius 1 is 0.906 bits per heavy atom. The molecule has 1 atom stereocenters. The minimum absolute atomic E-state index is 0.00147. The van der Waals surface area contributed by atoms with E-state index in [0.29, 0.717) is 5.69 Å². The van der Waals surface area contributed by atoms with Gasteiger partial charge in [-0.25, -0.2) is 4.79 Å². The van der Waals surface area contributed by atoms with Crippen molar-refractivity contribution in [1.82, 2.24) is 10.3 Å². The van der Waals surface area contributed by atoms with E-state index in [1.165, 1.54) is 0 Å². The maximum atomic E-state index is 13.6. The van der Waals surface area contributed by atoms with Gasteiger partial charge >= 0.3 is 18.4 Å². The zero-order valence-electron chi connectivity index (χ0n) is 16.6. The van der Waals surface area contributed by atoms with Gasteiger partial charge in [-0.3, -0.25) is 4.98 Å². The van der Waals surface area contributed by atoms with Crippen LogP contribution < -0.4 is 10.6 Å². The molecule has 168 valence electrons. The number of halogens is 6. The topological polar surface area (TPSA) is 54.0 Å². The second-order valence-electron chi connectivity index (χ2n) is 6.95. The summed E-state index contributed by atoms with van der Waals surface area (Å²) in [6, 6.07) is 9.76. The number of carbonyl (C=O) groups is 1. The summed E-state index contributed by atoms with van der Waals surface area (Å²) in [5.41, 5.74) is -1.39. The van der Waals surface area contributed by atoms with Crippen LogP contribution in [0.25, 0.3) is 0 Å². The van der Waals surface area contributed by atoms with E-state index in [0.717, 1.165) is 48.2 Å². The molecule has 0 aliphatic heterocycles. The third kappa shape index (κ3) is 5.57. The summed E-state index contributed by atoms with van der Waals surface area (Å²) < 4.78 is 79.4. The maximum Gasteiger partial charge on any atom is 0.418 e. The van der Waals surface area contributed by atoms with Gasteiger partial charge in [0.2, 0.25) is 0 Å². The predicted molar refractivity (Wildman–Crippen MR) is 106 cm³/mol. The zero-order valence-corrected chi connectivity index (χ0v) is 16.6. The highest BCUT2D eigenvalue weighted by atomic mass is 19.4. The van der Waals surface area contributed by atoms with Crippen LogP contribution in [0.2, 0.25) is 0 Å². The Morgan fingerprint density at radius 2 is 1.59 bits per heavy atom. The van der Waals surface area contributed by atoms with Crippen molar-refractivity contribution >= 4 is 11.7 Å². The lowest BCUT2D eigenvalue weighted by Gasteiger charge is -2.23. The number of hydrogen-bond donors (Lipinski definition) is 2. The van der Waals surface area contributed by atoms with Gasteiger partial charge < -0.3 is 10.6 Å². The molecule has 2 amide bonds. The van der Waals surface area contributed by atoms with Crippen molar-refractivity contribution in [2.45, 2.75) is 25.3 Å². The molecule has 32 heavy (non-hydrogen) atoms. The summed E-state index contributed by atoms with van der Waals surface area (Å²) in [6.45, 7) is 1.79. The minimum Gasteiger partial charge on any atom is -0.325 e. The average Bonchev–Trinajstić information content (AvgIpc) is 2.71. The van der Waals surface area contributed by atoms with E-state index in [1.807, 2.05) is 0 Å². The van der Waals surface area contributed by atoms with Gasteiger partial charge in [-0.2, -0.15) is 26.3 Å². The molecule has 4 nitrogen and oxygen atoms in total. The number of carbonyl (C=O) groups excluding carboxylic acids is 1. The molecule has 3 aromatic rings. The lowest BCUT2D eigenvalue weighted by atomic mass is 9.98. The molecular weight excluding hydrogens is 436 g/mol. The molecule has 0 saturated carbocycles. The van der Waals surface area contributed by atoms with Gasteiger partial charge in [-0.1, -0.05) is 24.3 Å². The quantitative estimate of drug-likeness (QED) is 0.453. The summed E-state index contributed by atoms with van der Waals surface area (Å²) in [4.78, 5) is 16.3. The highest BCUT2D eigenvalue weighted by Gasteiger charge is 2.37. The number of aromatic nitrogens is 1. The number of benzene rings is 2. The lowest BCUT2D eigenvalue weighted by molar-refractivity contribution is -0.139. The largest absolute Gasteiger partial charge is 0.418 e. The first-order valence-corrected chi connectivity index (χ1v) is 9.28. The van der Waals surface area contributed by atoms with Gasteiger partial charge in [0.05, 0.1) is 22.9 Å². The molecule has 1 unspecified atom stereocenters. The third-order valence-electron chi connectivity index (χ3n) is 4.54. The maximum absolute atomic E-state index is 13.6. The fourth-order valence-corrected chi connectivity index (χ4v) is 3.08. The first-order valence-electron chi connectivity index (χ1n) is 9.28. The Hall–Kier alpha value is -3.56. The van der Waals surface area contributed by atoms with Crippen molar-refractivity contribution in [3.63, 3.8) is 0 Å². The Balaban J connectivity index is 1.99. The van der Waals surface area contributed by atoms with Gasteiger partial charge in [0.25, 0.3) is 0 Å². The normalized spacial score (nSPS) is 12.8. The summed E-state index contributed by atoms with van der Waals surface area (Å²) >= 11 is 0. The predicted octanol–water partition coefficient (Wildman–Crippen LogP) is 6.34. The van der Waals surface area contributed by atoms with Crippen LogP contribution >= 0.6 is 0 Å². The Labute approximate surface area is 179 Å². The molecule has 1 aromatic heterocycles. The molecule has 0 spiro atoms. The fourth-order valence-electron chi connectivity index (χ4n) is 3.08. The fraction of sp³-hybridized carbons (Fsp3) is 0.182. The molecule has 2 N–H and O–H groups in total. The monoisotopic (exact) mass is 453 g/mol. The van der Waals surface area contributed by atoms with Crippen molar-refractivity contribution in [2.75, 3.05) is 5.32 Å². The smallest absolute Gasteiger partial charge is 0.325 e. The van der Waals surface area contributed by atoms with Crippen LogP contribution in [0.1, 0.15) is 34.0 Å². The van der Waals surface area contributed by atoms with Gasteiger partial charge in [-0.05, 0) is 54.4 Å². The average molecular weight is 453 g/mol. The highest BCUT2D eigenvalue weighted by Crippen LogP contribution is 2.36. The first-order chi connectivity index (χ1) is 14.9. The summed E-state index contributed by atoms with van der Waals surface area (Å²) in [5, 5.41) is 4.90. The second-order valence-corrected chi connectivity index (χ2v) is 6.95. The number of urea groups is 1. The number of aryl methyl sites for hydroxylation is 1. The lowest BCUT2D eigenvalue weighted by Crippen LogP contribution is -2.35. The van der Waals surface area contributed by atoms with E-state index >= 15 is 0 Å². The van der Waals surface area contributed by atoms with Crippen molar-refractivity contribution < 1.29 is 31.1 Å². The summed E-state index contributed by atoms with van der Waals surface area (Å²) in [5.74, 6) is 0. The van der Waals surface area contributed by atoms with Crippen LogP contribution in [0, 0.1) is 6.92 Å². The molecule has 10 heteroatoms. The standard InChI is InChI=1S/C22H17F6N3O/c1-13-4-2-5-16(12-13)30-20(32)31-18(14-7-9-15(10-8-14)21(23,24)25)19-17(22(26,27)28)6-3-11-29-19/h2-12,18H,1H3,(H2,30,31,32). The number of nitrogens with one attached hydrogen (secondary N) is 2. The van der Waals surface area contributed by atoms with Crippen LogP contribution in [0.4, 0.5) is 36.8 Å². The zero-order chi connectivity index (χ0) is 23.5. The molecule has 0 aliphatic rings.